The predicted molar refractivity (Wildman–Crippen MR) is 68.1 cm³/mol. The number of amidine groups is 1. The van der Waals surface area contributed by atoms with Crippen molar-refractivity contribution < 1.29 is 5.21 Å². The zero-order valence-electron chi connectivity index (χ0n) is 10.6. The van der Waals surface area contributed by atoms with Gasteiger partial charge in [-0.05, 0) is 19.1 Å². The molecule has 8 heteroatoms. The van der Waals surface area contributed by atoms with Crippen LogP contribution in [0.25, 0.3) is 0 Å². The van der Waals surface area contributed by atoms with Gasteiger partial charge >= 0.3 is 0 Å². The maximum atomic E-state index is 12.2. The van der Waals surface area contributed by atoms with E-state index >= 15 is 0 Å². The molecule has 2 heterocycles. The normalized spacial score (nSPS) is 11.8. The largest absolute Gasteiger partial charge is 0.409 e. The number of hydrogen-bond acceptors (Lipinski definition) is 5. The SMILES string of the molecule is Cc1ccc(/C(N)=N/O)c(=O)n1Cc1cn(C)nn1. The second kappa shape index (κ2) is 4.92. The summed E-state index contributed by atoms with van der Waals surface area (Å²) >= 11 is 0. The third-order valence-electron chi connectivity index (χ3n) is 2.75. The smallest absolute Gasteiger partial charge is 0.262 e. The summed E-state index contributed by atoms with van der Waals surface area (Å²) in [5, 5.41) is 19.2. The molecule has 0 fully saturated rings. The Balaban J connectivity index is 2.48. The van der Waals surface area contributed by atoms with Crippen LogP contribution in [0.1, 0.15) is 17.0 Å². The zero-order valence-corrected chi connectivity index (χ0v) is 10.6. The number of oxime groups is 1. The first-order valence-electron chi connectivity index (χ1n) is 5.56. The number of aromatic nitrogens is 4. The van der Waals surface area contributed by atoms with Crippen molar-refractivity contribution in [3.8, 4) is 0 Å². The molecule has 2 aromatic heterocycles. The highest BCUT2D eigenvalue weighted by Crippen LogP contribution is 2.02. The van der Waals surface area contributed by atoms with Crippen LogP contribution in [-0.2, 0) is 13.6 Å². The maximum absolute atomic E-state index is 12.2. The molecular formula is C11H14N6O2. The summed E-state index contributed by atoms with van der Waals surface area (Å²) in [5.41, 5.74) is 6.70. The van der Waals surface area contributed by atoms with Gasteiger partial charge in [0.1, 0.15) is 5.69 Å². The molecule has 0 aromatic carbocycles. The van der Waals surface area contributed by atoms with E-state index in [0.29, 0.717) is 5.69 Å². The van der Waals surface area contributed by atoms with E-state index < -0.39 is 0 Å². The monoisotopic (exact) mass is 262 g/mol. The second-order valence-electron chi connectivity index (χ2n) is 4.15. The van der Waals surface area contributed by atoms with Crippen LogP contribution in [-0.4, -0.2) is 30.6 Å². The van der Waals surface area contributed by atoms with E-state index in [2.05, 4.69) is 15.5 Å². The highest BCUT2D eigenvalue weighted by Gasteiger charge is 2.11. The first kappa shape index (κ1) is 12.8. The molecule has 100 valence electrons. The Morgan fingerprint density at radius 2 is 2.26 bits per heavy atom. The van der Waals surface area contributed by atoms with E-state index in [1.165, 1.54) is 10.6 Å². The average Bonchev–Trinajstić information content (AvgIpc) is 2.79. The lowest BCUT2D eigenvalue weighted by atomic mass is 10.2. The van der Waals surface area contributed by atoms with Gasteiger partial charge < -0.3 is 15.5 Å². The van der Waals surface area contributed by atoms with Gasteiger partial charge in [0.2, 0.25) is 0 Å². The van der Waals surface area contributed by atoms with Crippen LogP contribution in [0.5, 0.6) is 0 Å². The van der Waals surface area contributed by atoms with E-state index in [9.17, 15) is 4.79 Å². The quantitative estimate of drug-likeness (QED) is 0.333. The van der Waals surface area contributed by atoms with Gasteiger partial charge in [0.05, 0.1) is 12.1 Å². The highest BCUT2D eigenvalue weighted by molar-refractivity contribution is 5.96. The molecule has 0 saturated heterocycles. The molecule has 0 bridgehead atoms. The topological polar surface area (TPSA) is 111 Å². The number of pyridine rings is 1. The van der Waals surface area contributed by atoms with Crippen molar-refractivity contribution >= 4 is 5.84 Å². The van der Waals surface area contributed by atoms with E-state index in [0.717, 1.165) is 5.69 Å². The van der Waals surface area contributed by atoms with Crippen LogP contribution >= 0.6 is 0 Å². The lowest BCUT2D eigenvalue weighted by Gasteiger charge is -2.09. The molecule has 0 radical (unpaired) electrons. The lowest BCUT2D eigenvalue weighted by molar-refractivity contribution is 0.318. The van der Waals surface area contributed by atoms with Gasteiger partial charge in [-0.25, -0.2) is 0 Å². The second-order valence-corrected chi connectivity index (χ2v) is 4.15. The molecule has 2 aromatic rings. The maximum Gasteiger partial charge on any atom is 0.262 e. The van der Waals surface area contributed by atoms with Crippen LogP contribution in [0.2, 0.25) is 0 Å². The lowest BCUT2D eigenvalue weighted by Crippen LogP contribution is -2.31. The van der Waals surface area contributed by atoms with Gasteiger partial charge in [0.25, 0.3) is 5.56 Å². The minimum absolute atomic E-state index is 0.150. The van der Waals surface area contributed by atoms with Gasteiger partial charge in [-0.1, -0.05) is 10.4 Å². The van der Waals surface area contributed by atoms with Crippen molar-refractivity contribution in [2.75, 3.05) is 0 Å². The van der Waals surface area contributed by atoms with Gasteiger partial charge in [-0.2, -0.15) is 0 Å². The zero-order chi connectivity index (χ0) is 14.0. The third kappa shape index (κ3) is 2.46. The average molecular weight is 262 g/mol. The van der Waals surface area contributed by atoms with Crippen molar-refractivity contribution in [2.24, 2.45) is 17.9 Å². The predicted octanol–water partition coefficient (Wildman–Crippen LogP) is -0.572. The Bertz CT molecular complexity index is 685. The van der Waals surface area contributed by atoms with Crippen molar-refractivity contribution in [1.82, 2.24) is 19.6 Å². The molecule has 0 aliphatic heterocycles. The number of nitrogens with two attached hydrogens (primary N) is 1. The molecule has 0 amide bonds. The molecule has 0 aliphatic rings. The standard InChI is InChI=1S/C11H14N6O2/c1-7-3-4-9(10(12)14-19)11(18)17(7)6-8-5-16(2)15-13-8/h3-5,19H,6H2,1-2H3,(H2,12,14). The van der Waals surface area contributed by atoms with Gasteiger partial charge in [0.15, 0.2) is 5.84 Å². The minimum Gasteiger partial charge on any atom is -0.409 e. The van der Waals surface area contributed by atoms with Crippen LogP contribution in [0.15, 0.2) is 28.3 Å². The summed E-state index contributed by atoms with van der Waals surface area (Å²) in [5.74, 6) is -0.210. The Labute approximate surface area is 108 Å². The molecule has 0 aliphatic carbocycles. The molecule has 0 spiro atoms. The Morgan fingerprint density at radius 3 is 2.84 bits per heavy atom. The van der Waals surface area contributed by atoms with E-state index in [1.807, 2.05) is 0 Å². The summed E-state index contributed by atoms with van der Waals surface area (Å²) in [6.45, 7) is 2.08. The van der Waals surface area contributed by atoms with Crippen LogP contribution in [0.3, 0.4) is 0 Å². The fraction of sp³-hybridized carbons (Fsp3) is 0.273. The Hall–Kier alpha value is -2.64. The number of hydrogen-bond donors (Lipinski definition) is 2. The van der Waals surface area contributed by atoms with Crippen LogP contribution in [0, 0.1) is 6.92 Å². The number of nitrogens with zero attached hydrogens (tertiary/aromatic N) is 5. The van der Waals surface area contributed by atoms with Crippen molar-refractivity contribution in [3.63, 3.8) is 0 Å². The number of aryl methyl sites for hydroxylation is 2. The summed E-state index contributed by atoms with van der Waals surface area (Å²) in [7, 11) is 1.75. The molecular weight excluding hydrogens is 248 g/mol. The Kier molecular flexibility index (Phi) is 3.32. The van der Waals surface area contributed by atoms with Crippen molar-refractivity contribution in [1.29, 1.82) is 0 Å². The summed E-state index contributed by atoms with van der Waals surface area (Å²) < 4.78 is 3.06. The minimum atomic E-state index is -0.332. The third-order valence-corrected chi connectivity index (χ3v) is 2.75. The number of rotatable bonds is 3. The van der Waals surface area contributed by atoms with Crippen molar-refractivity contribution in [2.45, 2.75) is 13.5 Å². The first-order chi connectivity index (χ1) is 9.02. The van der Waals surface area contributed by atoms with Gasteiger partial charge in [-0.15, -0.1) is 5.10 Å². The molecule has 19 heavy (non-hydrogen) atoms. The van der Waals surface area contributed by atoms with Crippen LogP contribution in [0.4, 0.5) is 0 Å². The van der Waals surface area contributed by atoms with Gasteiger partial charge in [0, 0.05) is 18.9 Å². The first-order valence-corrected chi connectivity index (χ1v) is 5.56. The molecule has 3 N–H and O–H groups in total. The van der Waals surface area contributed by atoms with E-state index in [1.54, 1.807) is 30.9 Å². The molecule has 2 rings (SSSR count). The molecule has 0 unspecified atom stereocenters. The Morgan fingerprint density at radius 1 is 1.53 bits per heavy atom. The summed E-state index contributed by atoms with van der Waals surface area (Å²) in [6.07, 6.45) is 1.72. The van der Waals surface area contributed by atoms with Gasteiger partial charge in [-0.3, -0.25) is 9.48 Å². The molecule has 0 atom stereocenters. The van der Waals surface area contributed by atoms with E-state index in [4.69, 9.17) is 10.9 Å². The summed E-state index contributed by atoms with van der Waals surface area (Å²) in [4.78, 5) is 12.2. The fourth-order valence-electron chi connectivity index (χ4n) is 1.75. The molecule has 0 saturated carbocycles. The summed E-state index contributed by atoms with van der Waals surface area (Å²) in [6, 6.07) is 3.25. The molecule has 8 nitrogen and oxygen atoms in total. The van der Waals surface area contributed by atoms with E-state index in [-0.39, 0.29) is 23.5 Å². The van der Waals surface area contributed by atoms with Crippen molar-refractivity contribution in [3.05, 3.63) is 45.6 Å². The highest BCUT2D eigenvalue weighted by atomic mass is 16.4. The fourth-order valence-corrected chi connectivity index (χ4v) is 1.75. The van der Waals surface area contributed by atoms with Crippen LogP contribution < -0.4 is 11.3 Å².